The summed E-state index contributed by atoms with van der Waals surface area (Å²) in [4.78, 5) is 14.9. The maximum absolute atomic E-state index is 12.1. The topological polar surface area (TPSA) is 63.3 Å². The van der Waals surface area contributed by atoms with Crippen LogP contribution in [-0.2, 0) is 6.54 Å². The first kappa shape index (κ1) is 15.1. The van der Waals surface area contributed by atoms with Crippen LogP contribution < -0.4 is 14.8 Å². The maximum Gasteiger partial charge on any atom is 0.254 e. The average Bonchev–Trinajstić information content (AvgIpc) is 2.52. The largest absolute Gasteiger partial charge is 0.493 e. The van der Waals surface area contributed by atoms with Crippen LogP contribution in [0.2, 0.25) is 0 Å². The quantitative estimate of drug-likeness (QED) is 0.834. The summed E-state index contributed by atoms with van der Waals surface area (Å²) in [5.74, 6) is 1.06. The van der Waals surface area contributed by atoms with Crippen molar-refractivity contribution in [1.82, 2.24) is 10.3 Å². The van der Waals surface area contributed by atoms with Crippen LogP contribution in [-0.4, -0.2) is 25.1 Å². The molecule has 0 unspecified atom stereocenters. The molecule has 2 N–H and O–H groups in total. The second-order valence-electron chi connectivity index (χ2n) is 4.28. The Labute approximate surface area is 127 Å². The van der Waals surface area contributed by atoms with Gasteiger partial charge in [-0.1, -0.05) is 18.3 Å². The number of carbonyl (C=O) groups excluding carboxylic acids is 1. The van der Waals surface area contributed by atoms with Crippen molar-refractivity contribution in [2.45, 2.75) is 6.54 Å². The minimum Gasteiger partial charge on any atom is -0.493 e. The number of aromatic nitrogens is 1. The second-order valence-corrected chi connectivity index (χ2v) is 4.69. The lowest BCUT2D eigenvalue weighted by atomic mass is 10.2. The first-order valence-electron chi connectivity index (χ1n) is 6.32. The molecule has 0 radical (unpaired) electrons. The summed E-state index contributed by atoms with van der Waals surface area (Å²) >= 11 is 5.08. The number of nitrogens with one attached hydrogen (secondary N) is 2. The van der Waals surface area contributed by atoms with Crippen molar-refractivity contribution in [2.75, 3.05) is 14.2 Å². The van der Waals surface area contributed by atoms with E-state index >= 15 is 0 Å². The molecule has 1 heterocycles. The van der Waals surface area contributed by atoms with E-state index in [9.17, 15) is 4.79 Å². The molecule has 0 saturated heterocycles. The van der Waals surface area contributed by atoms with E-state index in [4.69, 9.17) is 21.7 Å². The molecule has 21 heavy (non-hydrogen) atoms. The van der Waals surface area contributed by atoms with Gasteiger partial charge >= 0.3 is 0 Å². The molecule has 0 fully saturated rings. The molecule has 1 aromatic carbocycles. The molecule has 110 valence electrons. The molecule has 2 rings (SSSR count). The van der Waals surface area contributed by atoms with Gasteiger partial charge in [0.15, 0.2) is 11.5 Å². The van der Waals surface area contributed by atoms with Crippen molar-refractivity contribution < 1.29 is 14.3 Å². The standard InChI is InChI=1S/C15H16N2O3S/c1-19-12-6-5-10(8-13(12)20-2)9-17-14(18)11-4-3-7-16-15(11)21/h3-8H,9H2,1-2H3,(H,16,21)(H,17,18). The average molecular weight is 304 g/mol. The number of H-pyrrole nitrogens is 1. The molecule has 1 amide bonds. The minimum absolute atomic E-state index is 0.216. The Balaban J connectivity index is 2.08. The highest BCUT2D eigenvalue weighted by atomic mass is 32.1. The van der Waals surface area contributed by atoms with Crippen molar-refractivity contribution in [2.24, 2.45) is 0 Å². The first-order valence-corrected chi connectivity index (χ1v) is 6.73. The highest BCUT2D eigenvalue weighted by Crippen LogP contribution is 2.27. The molecule has 0 saturated carbocycles. The van der Waals surface area contributed by atoms with Crippen LogP contribution in [0.3, 0.4) is 0 Å². The van der Waals surface area contributed by atoms with E-state index in [0.29, 0.717) is 28.2 Å². The van der Waals surface area contributed by atoms with Gasteiger partial charge in [-0.25, -0.2) is 0 Å². The van der Waals surface area contributed by atoms with Crippen molar-refractivity contribution in [3.8, 4) is 11.5 Å². The third-order valence-corrected chi connectivity index (χ3v) is 3.30. The lowest BCUT2D eigenvalue weighted by Crippen LogP contribution is -2.23. The number of carbonyl (C=O) groups is 1. The number of amides is 1. The van der Waals surface area contributed by atoms with E-state index in [-0.39, 0.29) is 5.91 Å². The fourth-order valence-corrected chi connectivity index (χ4v) is 2.10. The van der Waals surface area contributed by atoms with Gasteiger partial charge in [0.1, 0.15) is 4.64 Å². The zero-order valence-electron chi connectivity index (χ0n) is 11.8. The van der Waals surface area contributed by atoms with Gasteiger partial charge < -0.3 is 19.8 Å². The van der Waals surface area contributed by atoms with Gasteiger partial charge in [0.2, 0.25) is 0 Å². The summed E-state index contributed by atoms with van der Waals surface area (Å²) in [6.45, 7) is 0.378. The van der Waals surface area contributed by atoms with Gasteiger partial charge in [0.25, 0.3) is 5.91 Å². The first-order chi connectivity index (χ1) is 10.2. The van der Waals surface area contributed by atoms with Gasteiger partial charge in [0.05, 0.1) is 19.8 Å². The molecule has 0 aliphatic carbocycles. The Bertz CT molecular complexity index is 697. The summed E-state index contributed by atoms with van der Waals surface area (Å²) in [6, 6.07) is 8.91. The van der Waals surface area contributed by atoms with Gasteiger partial charge in [-0.2, -0.15) is 0 Å². The van der Waals surface area contributed by atoms with Crippen LogP contribution in [0.1, 0.15) is 15.9 Å². The molecule has 0 bridgehead atoms. The van der Waals surface area contributed by atoms with Crippen molar-refractivity contribution in [1.29, 1.82) is 0 Å². The molecule has 1 aromatic heterocycles. The second kappa shape index (κ2) is 6.90. The fraction of sp³-hybridized carbons (Fsp3) is 0.200. The molecular weight excluding hydrogens is 288 g/mol. The van der Waals surface area contributed by atoms with Gasteiger partial charge in [-0.15, -0.1) is 0 Å². The highest BCUT2D eigenvalue weighted by Gasteiger charge is 2.08. The summed E-state index contributed by atoms with van der Waals surface area (Å²) in [5, 5.41) is 2.82. The highest BCUT2D eigenvalue weighted by molar-refractivity contribution is 7.71. The van der Waals surface area contributed by atoms with Crippen LogP contribution in [0.5, 0.6) is 11.5 Å². The monoisotopic (exact) mass is 304 g/mol. The number of hydrogen-bond acceptors (Lipinski definition) is 4. The van der Waals surface area contributed by atoms with E-state index in [1.807, 2.05) is 12.1 Å². The molecule has 0 aliphatic heterocycles. The summed E-state index contributed by atoms with van der Waals surface area (Å²) in [5.41, 5.74) is 1.36. The smallest absolute Gasteiger partial charge is 0.254 e. The third-order valence-electron chi connectivity index (χ3n) is 2.96. The minimum atomic E-state index is -0.216. The molecule has 6 heteroatoms. The van der Waals surface area contributed by atoms with Crippen molar-refractivity contribution in [3.05, 3.63) is 52.3 Å². The fourth-order valence-electron chi connectivity index (χ4n) is 1.87. The van der Waals surface area contributed by atoms with Crippen molar-refractivity contribution >= 4 is 18.1 Å². The van der Waals surface area contributed by atoms with Crippen LogP contribution in [0.15, 0.2) is 36.5 Å². The summed E-state index contributed by atoms with van der Waals surface area (Å²) in [7, 11) is 3.15. The molecule has 0 spiro atoms. The predicted octanol–water partition coefficient (Wildman–Crippen LogP) is 2.69. The number of rotatable bonds is 5. The summed E-state index contributed by atoms with van der Waals surface area (Å²) in [6.07, 6.45) is 1.69. The molecule has 0 aliphatic rings. The molecule has 2 aromatic rings. The van der Waals surface area contributed by atoms with E-state index in [2.05, 4.69) is 10.3 Å². The van der Waals surface area contributed by atoms with Gasteiger partial charge in [-0.3, -0.25) is 4.79 Å². The predicted molar refractivity (Wildman–Crippen MR) is 82.3 cm³/mol. The summed E-state index contributed by atoms with van der Waals surface area (Å²) < 4.78 is 10.8. The Kier molecular flexibility index (Phi) is 4.94. The van der Waals surface area contributed by atoms with E-state index in [1.54, 1.807) is 38.6 Å². The number of ether oxygens (including phenoxy) is 2. The Morgan fingerprint density at radius 3 is 2.67 bits per heavy atom. The van der Waals surface area contributed by atoms with Crippen molar-refractivity contribution in [3.63, 3.8) is 0 Å². The lowest BCUT2D eigenvalue weighted by Gasteiger charge is -2.10. The Hall–Kier alpha value is -2.34. The molecule has 5 nitrogen and oxygen atoms in total. The number of benzene rings is 1. The molecular formula is C15H16N2O3S. The van der Waals surface area contributed by atoms with E-state index in [0.717, 1.165) is 5.56 Å². The maximum atomic E-state index is 12.1. The Morgan fingerprint density at radius 1 is 1.24 bits per heavy atom. The van der Waals surface area contributed by atoms with Crippen LogP contribution in [0, 0.1) is 4.64 Å². The van der Waals surface area contributed by atoms with E-state index in [1.165, 1.54) is 0 Å². The Morgan fingerprint density at radius 2 is 2.00 bits per heavy atom. The number of pyridine rings is 1. The van der Waals surface area contributed by atoms with Gasteiger partial charge in [-0.05, 0) is 29.8 Å². The van der Waals surface area contributed by atoms with E-state index < -0.39 is 0 Å². The van der Waals surface area contributed by atoms with Crippen LogP contribution in [0.25, 0.3) is 0 Å². The molecule has 0 atom stereocenters. The SMILES string of the molecule is COc1ccc(CNC(=O)c2ccc[nH]c2=S)cc1OC. The third kappa shape index (κ3) is 3.61. The number of hydrogen-bond donors (Lipinski definition) is 2. The van der Waals surface area contributed by atoms with Crippen LogP contribution >= 0.6 is 12.2 Å². The van der Waals surface area contributed by atoms with Crippen LogP contribution in [0.4, 0.5) is 0 Å². The van der Waals surface area contributed by atoms with Gasteiger partial charge in [0, 0.05) is 12.7 Å². The zero-order chi connectivity index (χ0) is 15.2. The lowest BCUT2D eigenvalue weighted by molar-refractivity contribution is 0.0950. The zero-order valence-corrected chi connectivity index (χ0v) is 12.6. The number of methoxy groups -OCH3 is 2. The normalized spacial score (nSPS) is 10.0. The number of aromatic amines is 1.